The van der Waals surface area contributed by atoms with Crippen molar-refractivity contribution >= 4 is 45.7 Å². The van der Waals surface area contributed by atoms with Crippen LogP contribution in [0.5, 0.6) is 0 Å². The van der Waals surface area contributed by atoms with E-state index < -0.39 is 0 Å². The molecule has 0 spiro atoms. The van der Waals surface area contributed by atoms with Gasteiger partial charge in [-0.3, -0.25) is 9.59 Å². The number of aryl methyl sites for hydroxylation is 1. The van der Waals surface area contributed by atoms with Gasteiger partial charge in [-0.2, -0.15) is 0 Å². The zero-order valence-electron chi connectivity index (χ0n) is 12.8. The van der Waals surface area contributed by atoms with Gasteiger partial charge in [0.15, 0.2) is 5.43 Å². The summed E-state index contributed by atoms with van der Waals surface area (Å²) in [7, 11) is 0. The molecule has 0 aliphatic heterocycles. The molecule has 0 aliphatic rings. The van der Waals surface area contributed by atoms with E-state index in [1.165, 1.54) is 6.07 Å². The fraction of sp³-hybridized carbons (Fsp3) is 0.111. The molecule has 1 aromatic heterocycles. The number of hydrogen-bond acceptors (Lipinski definition) is 2. The zero-order valence-corrected chi connectivity index (χ0v) is 14.4. The first-order valence-electron chi connectivity index (χ1n) is 7.29. The third kappa shape index (κ3) is 3.45. The van der Waals surface area contributed by atoms with Crippen LogP contribution in [0.15, 0.2) is 53.5 Å². The highest BCUT2D eigenvalue weighted by atomic mass is 35.5. The first-order chi connectivity index (χ1) is 11.4. The van der Waals surface area contributed by atoms with Gasteiger partial charge in [-0.15, -0.1) is 0 Å². The van der Waals surface area contributed by atoms with Crippen molar-refractivity contribution in [1.82, 2.24) is 4.57 Å². The Labute approximate surface area is 148 Å². The lowest BCUT2D eigenvalue weighted by Crippen LogP contribution is -2.20. The number of aromatic nitrogens is 1. The van der Waals surface area contributed by atoms with Crippen molar-refractivity contribution in [2.24, 2.45) is 0 Å². The number of benzene rings is 2. The standard InChI is InChI=1S/C18H14Cl2N2O2/c1-11-2-4-13(9-15(11)20)21-18(24)10-22-7-6-17(23)14-5-3-12(19)8-16(14)22/h2-9H,10H2,1H3,(H,21,24). The van der Waals surface area contributed by atoms with Gasteiger partial charge in [-0.1, -0.05) is 29.3 Å². The number of anilines is 1. The Bertz CT molecular complexity index is 996. The van der Waals surface area contributed by atoms with Gasteiger partial charge >= 0.3 is 0 Å². The molecule has 122 valence electrons. The molecule has 2 aromatic carbocycles. The van der Waals surface area contributed by atoms with Crippen LogP contribution in [0.1, 0.15) is 5.56 Å². The minimum absolute atomic E-state index is 0.0582. The van der Waals surface area contributed by atoms with Gasteiger partial charge in [0.1, 0.15) is 6.54 Å². The largest absolute Gasteiger partial charge is 0.338 e. The molecule has 0 bridgehead atoms. The molecule has 0 saturated carbocycles. The number of carbonyl (C=O) groups is 1. The fourth-order valence-corrected chi connectivity index (χ4v) is 2.79. The van der Waals surface area contributed by atoms with Crippen LogP contribution >= 0.6 is 23.2 Å². The van der Waals surface area contributed by atoms with Crippen molar-refractivity contribution in [2.45, 2.75) is 13.5 Å². The van der Waals surface area contributed by atoms with E-state index in [4.69, 9.17) is 23.2 Å². The minimum Gasteiger partial charge on any atom is -0.338 e. The van der Waals surface area contributed by atoms with E-state index in [2.05, 4.69) is 5.32 Å². The van der Waals surface area contributed by atoms with Gasteiger partial charge in [0.25, 0.3) is 0 Å². The SMILES string of the molecule is Cc1ccc(NC(=O)Cn2ccc(=O)c3ccc(Cl)cc32)cc1Cl. The summed E-state index contributed by atoms with van der Waals surface area (Å²) in [6, 6.07) is 11.8. The molecule has 24 heavy (non-hydrogen) atoms. The van der Waals surface area contributed by atoms with Gasteiger partial charge in [0, 0.05) is 33.4 Å². The Morgan fingerprint density at radius 2 is 1.92 bits per heavy atom. The Kier molecular flexibility index (Phi) is 4.60. The lowest BCUT2D eigenvalue weighted by molar-refractivity contribution is -0.116. The van der Waals surface area contributed by atoms with Crippen LogP contribution in [0.4, 0.5) is 5.69 Å². The Hall–Kier alpha value is -2.30. The number of carbonyl (C=O) groups excluding carboxylic acids is 1. The van der Waals surface area contributed by atoms with Gasteiger partial charge in [-0.25, -0.2) is 0 Å². The van der Waals surface area contributed by atoms with Crippen molar-refractivity contribution in [3.63, 3.8) is 0 Å². The van der Waals surface area contributed by atoms with Gasteiger partial charge in [-0.05, 0) is 42.8 Å². The number of halogens is 2. The monoisotopic (exact) mass is 360 g/mol. The number of rotatable bonds is 3. The molecule has 0 saturated heterocycles. The Morgan fingerprint density at radius 1 is 1.12 bits per heavy atom. The molecule has 6 heteroatoms. The molecule has 3 aromatic rings. The highest BCUT2D eigenvalue weighted by Gasteiger charge is 2.09. The van der Waals surface area contributed by atoms with E-state index >= 15 is 0 Å². The summed E-state index contributed by atoms with van der Waals surface area (Å²) in [6.45, 7) is 1.95. The van der Waals surface area contributed by atoms with Crippen molar-refractivity contribution in [3.05, 3.63) is 74.5 Å². The summed E-state index contributed by atoms with van der Waals surface area (Å²) < 4.78 is 1.69. The molecule has 0 radical (unpaired) electrons. The first kappa shape index (κ1) is 16.6. The molecular weight excluding hydrogens is 347 g/mol. The van der Waals surface area contributed by atoms with E-state index in [-0.39, 0.29) is 17.9 Å². The average molecular weight is 361 g/mol. The molecule has 0 aliphatic carbocycles. The maximum absolute atomic E-state index is 12.3. The first-order valence-corrected chi connectivity index (χ1v) is 8.04. The molecule has 1 amide bonds. The maximum Gasteiger partial charge on any atom is 0.244 e. The van der Waals surface area contributed by atoms with Crippen molar-refractivity contribution in [1.29, 1.82) is 0 Å². The van der Waals surface area contributed by atoms with Crippen molar-refractivity contribution < 1.29 is 4.79 Å². The van der Waals surface area contributed by atoms with Crippen LogP contribution in [0.3, 0.4) is 0 Å². The van der Waals surface area contributed by atoms with Crippen LogP contribution in [0.2, 0.25) is 10.0 Å². The number of nitrogens with zero attached hydrogens (tertiary/aromatic N) is 1. The quantitative estimate of drug-likeness (QED) is 0.758. The molecule has 0 atom stereocenters. The number of fused-ring (bicyclic) bond motifs is 1. The number of nitrogens with one attached hydrogen (secondary N) is 1. The average Bonchev–Trinajstić information content (AvgIpc) is 2.53. The molecule has 1 N–H and O–H groups in total. The smallest absolute Gasteiger partial charge is 0.244 e. The summed E-state index contributed by atoms with van der Waals surface area (Å²) in [5, 5.41) is 4.42. The Balaban J connectivity index is 1.88. The van der Waals surface area contributed by atoms with E-state index in [1.807, 2.05) is 13.0 Å². The maximum atomic E-state index is 12.3. The predicted octanol–water partition coefficient (Wildman–Crippen LogP) is 4.26. The second kappa shape index (κ2) is 6.67. The van der Waals surface area contributed by atoms with E-state index in [0.717, 1.165) is 5.56 Å². The molecule has 1 heterocycles. The molecule has 4 nitrogen and oxygen atoms in total. The molecule has 3 rings (SSSR count). The summed E-state index contributed by atoms with van der Waals surface area (Å²) in [4.78, 5) is 24.2. The third-order valence-electron chi connectivity index (χ3n) is 3.71. The van der Waals surface area contributed by atoms with Crippen molar-refractivity contribution in [3.8, 4) is 0 Å². The van der Waals surface area contributed by atoms with E-state index in [1.54, 1.807) is 41.1 Å². The summed E-state index contributed by atoms with van der Waals surface area (Å²) in [6.07, 6.45) is 1.59. The lowest BCUT2D eigenvalue weighted by Gasteiger charge is -2.12. The number of hydrogen-bond donors (Lipinski definition) is 1. The van der Waals surface area contributed by atoms with Crippen LogP contribution in [0.25, 0.3) is 10.9 Å². The van der Waals surface area contributed by atoms with Crippen LogP contribution in [0, 0.1) is 6.92 Å². The lowest BCUT2D eigenvalue weighted by atomic mass is 10.2. The predicted molar refractivity (Wildman–Crippen MR) is 98.0 cm³/mol. The van der Waals surface area contributed by atoms with Crippen molar-refractivity contribution in [2.75, 3.05) is 5.32 Å². The van der Waals surface area contributed by atoms with E-state index in [0.29, 0.717) is 26.6 Å². The van der Waals surface area contributed by atoms with Crippen LogP contribution in [-0.4, -0.2) is 10.5 Å². The zero-order chi connectivity index (χ0) is 17.3. The van der Waals surface area contributed by atoms with Gasteiger partial charge in [0.05, 0.1) is 5.52 Å². The normalized spacial score (nSPS) is 10.8. The highest BCUT2D eigenvalue weighted by molar-refractivity contribution is 6.31. The molecule has 0 fully saturated rings. The summed E-state index contributed by atoms with van der Waals surface area (Å²) >= 11 is 12.1. The molecular formula is C18H14Cl2N2O2. The third-order valence-corrected chi connectivity index (χ3v) is 4.35. The number of amides is 1. The summed E-state index contributed by atoms with van der Waals surface area (Å²) in [5.41, 5.74) is 2.07. The van der Waals surface area contributed by atoms with Gasteiger partial charge < -0.3 is 9.88 Å². The summed E-state index contributed by atoms with van der Waals surface area (Å²) in [5.74, 6) is -0.222. The second-order valence-electron chi connectivity index (χ2n) is 5.48. The fourth-order valence-electron chi connectivity index (χ4n) is 2.44. The highest BCUT2D eigenvalue weighted by Crippen LogP contribution is 2.20. The van der Waals surface area contributed by atoms with Gasteiger partial charge in [0.2, 0.25) is 5.91 Å². The minimum atomic E-state index is -0.222. The number of pyridine rings is 1. The molecule has 0 unspecified atom stereocenters. The van der Waals surface area contributed by atoms with E-state index in [9.17, 15) is 9.59 Å². The van der Waals surface area contributed by atoms with Crippen LogP contribution < -0.4 is 10.7 Å². The topological polar surface area (TPSA) is 51.1 Å². The van der Waals surface area contributed by atoms with Crippen LogP contribution in [-0.2, 0) is 11.3 Å². The Morgan fingerprint density at radius 3 is 2.67 bits per heavy atom. The second-order valence-corrected chi connectivity index (χ2v) is 6.33.